The van der Waals surface area contributed by atoms with Gasteiger partial charge in [0.15, 0.2) is 16.6 Å². The molecule has 27 heteroatoms. The molecule has 0 aromatic heterocycles. The second-order valence-corrected chi connectivity index (χ2v) is 50.1. The summed E-state index contributed by atoms with van der Waals surface area (Å²) in [5.74, 6) is -2.17. The van der Waals surface area contributed by atoms with Crippen molar-refractivity contribution < 1.29 is 61.5 Å². The van der Waals surface area contributed by atoms with Crippen LogP contribution in [0, 0.1) is 17.8 Å². The van der Waals surface area contributed by atoms with E-state index in [1.165, 1.54) is 89.9 Å². The van der Waals surface area contributed by atoms with Gasteiger partial charge in [0.05, 0.1) is 56.5 Å². The summed E-state index contributed by atoms with van der Waals surface area (Å²) in [6, 6.07) is 39.6. The third kappa shape index (κ3) is 46.5. The summed E-state index contributed by atoms with van der Waals surface area (Å²) in [6.45, 7) is 44.4. The van der Waals surface area contributed by atoms with Gasteiger partial charge in [-0.25, -0.2) is 0 Å². The quantitative estimate of drug-likeness (QED) is 0.0127. The molecule has 25 nitrogen and oxygen atoms in total. The maximum absolute atomic E-state index is 14.0. The first-order valence-electron chi connectivity index (χ1n) is 49.3. The molecule has 0 aliphatic carbocycles. The van der Waals surface area contributed by atoms with Gasteiger partial charge in [0.2, 0.25) is 53.2 Å². The molecular weight excluding hydrogens is 1710 g/mol. The molecule has 0 heterocycles. The Morgan fingerprint density at radius 3 is 0.782 bits per heavy atom. The molecule has 0 bridgehead atoms. The zero-order valence-corrected chi connectivity index (χ0v) is 86.1. The minimum Gasteiger partial charge on any atom is -0.494 e. The normalized spacial score (nSPS) is 13.1. The highest BCUT2D eigenvalue weighted by Crippen LogP contribution is 2.44. The van der Waals surface area contributed by atoms with Crippen molar-refractivity contribution in [1.82, 2.24) is 37.2 Å². The van der Waals surface area contributed by atoms with Crippen molar-refractivity contribution in [3.05, 3.63) is 167 Å². The van der Waals surface area contributed by atoms with Gasteiger partial charge in [-0.1, -0.05) is 337 Å². The van der Waals surface area contributed by atoms with E-state index in [0.717, 1.165) is 78.2 Å². The maximum atomic E-state index is 14.0. The summed E-state index contributed by atoms with van der Waals surface area (Å²) < 4.78 is 26.0. The number of hydrogen-bond donors (Lipinski definition) is 12. The summed E-state index contributed by atoms with van der Waals surface area (Å²) in [6.07, 6.45) is 24.1. The molecule has 0 aliphatic heterocycles. The molecule has 6 atom stereocenters. The van der Waals surface area contributed by atoms with E-state index in [-0.39, 0.29) is 50.7 Å². The third-order valence-corrected chi connectivity index (χ3v) is 36.9. The van der Waals surface area contributed by atoms with Crippen LogP contribution in [0.4, 0.5) is 0 Å². The largest absolute Gasteiger partial charge is 0.494 e. The lowest BCUT2D eigenvalue weighted by molar-refractivity contribution is -0.131. The van der Waals surface area contributed by atoms with E-state index in [1.807, 2.05) is 188 Å². The number of nitrogens with one attached hydrogen (secondary N) is 7. The van der Waals surface area contributed by atoms with Crippen LogP contribution < -0.4 is 75.4 Å². The Kier molecular flexibility index (Phi) is 59.5. The number of hydrogen-bond acceptors (Lipinski definition) is 16. The molecule has 0 unspecified atom stereocenters. The fourth-order valence-electron chi connectivity index (χ4n) is 17.9. The molecule has 0 aliphatic rings. The van der Waals surface area contributed by atoms with Crippen molar-refractivity contribution in [1.29, 1.82) is 0 Å². The highest BCUT2D eigenvalue weighted by atomic mass is 28.4. The maximum Gasteiger partial charge on any atom is 0.243 e. The van der Waals surface area contributed by atoms with Crippen molar-refractivity contribution >= 4 is 69.8 Å². The molecule has 133 heavy (non-hydrogen) atoms. The summed E-state index contributed by atoms with van der Waals surface area (Å²) >= 11 is 0. The standard InChI is InChI=1S/C71H122N4O7Si2.2C17H26N4O3.CH4/c1-54(2)51-67(74-69(77)66(72)52-61-37-31-30-32-38-61)70(78)73-53-68(76)75-71(15,62-39-43-64(44-40-62)79-47-33-26-22-18-16-20-24-28-35-49-81-83(55(3)4,56(5)6)57(7)8)63-41-45-65(46-42-63)80-48-34-27-23-19-17-21-25-29-36-50-82-84(58(9)10,59(11)12)60(13)14;2*1-11(2)8-14(17(24)20-10-15(19)22)21-16(23)13(18)9-12-6-4-3-5-7-12;/h30-32,37-46,54-60,66-67H,16-29,33-36,47-53,72H2,1-15H3,(H,73,78)(H,74,77)(H,75,76);2*3-7,11,13-14H,8-10,18H2,1-2H3,(H2,19,22)(H,20,24)(H,21,23);1H4/t66-,67-;2*13-,14-;/m000./s1. The fraction of sp³-hybridized carbons (Fsp3) is 0.632. The predicted molar refractivity (Wildman–Crippen MR) is 548 cm³/mol. The lowest BCUT2D eigenvalue weighted by Gasteiger charge is -2.42. The summed E-state index contributed by atoms with van der Waals surface area (Å²) in [4.78, 5) is 111. The monoisotopic (exact) mass is 1880 g/mol. The lowest BCUT2D eigenvalue weighted by atomic mass is 9.84. The highest BCUT2D eigenvalue weighted by Gasteiger charge is 2.46. The number of rotatable bonds is 64. The van der Waals surface area contributed by atoms with E-state index < -0.39 is 106 Å². The van der Waals surface area contributed by atoms with Crippen molar-refractivity contribution in [3.63, 3.8) is 0 Å². The van der Waals surface area contributed by atoms with Gasteiger partial charge in [-0.3, -0.25) is 43.2 Å². The minimum absolute atomic E-state index is 0. The number of nitrogens with two attached hydrogens (primary N) is 5. The molecule has 0 saturated carbocycles. The average molecular weight is 1880 g/mol. The molecule has 0 spiro atoms. The Hall–Kier alpha value is -8.84. The van der Waals surface area contributed by atoms with Gasteiger partial charge >= 0.3 is 0 Å². The zero-order chi connectivity index (χ0) is 98.4. The Labute approximate surface area is 803 Å². The Balaban J connectivity index is 0.000000981. The van der Waals surface area contributed by atoms with Crippen molar-refractivity contribution in [2.24, 2.45) is 46.4 Å². The van der Waals surface area contributed by atoms with Gasteiger partial charge in [-0.2, -0.15) is 0 Å². The number of ether oxygens (including phenoxy) is 2. The lowest BCUT2D eigenvalue weighted by Crippen LogP contribution is -2.54. The predicted octanol–water partition coefficient (Wildman–Crippen LogP) is 17.5. The van der Waals surface area contributed by atoms with Crippen LogP contribution in [0.25, 0.3) is 0 Å². The van der Waals surface area contributed by atoms with Gasteiger partial charge in [-0.15, -0.1) is 0 Å². The molecular formula is C106H178N12O13Si2. The summed E-state index contributed by atoms with van der Waals surface area (Å²) in [5.41, 5.74) is 35.6. The van der Waals surface area contributed by atoms with Crippen molar-refractivity contribution in [3.8, 4) is 11.5 Å². The SMILES string of the molecule is C.CC(C)C[C@H](NC(=O)[C@@H](N)Cc1ccccc1)C(=O)NCC(=O)NC(C)(c1ccc(OCCCCCCCCCCCO[Si](C(C)C)(C(C)C)C(C)C)cc1)c1ccc(OCCCCCCCCCCCO[Si](C(C)C)(C(C)C)C(C)C)cc1.CC(C)C[C@H](NC(=O)[C@@H](N)Cc1ccccc1)C(=O)NCC(N)=O.CC(C)C[C@H](NC(=O)[C@@H](N)Cc1ccccc1)C(=O)NCC(N)=O. The molecule has 5 aromatic carbocycles. The molecule has 5 aromatic rings. The molecule has 748 valence electrons. The Morgan fingerprint density at radius 2 is 0.549 bits per heavy atom. The first-order chi connectivity index (χ1) is 62.6. The van der Waals surface area contributed by atoms with Crippen LogP contribution >= 0.6 is 0 Å². The van der Waals surface area contributed by atoms with Crippen LogP contribution in [-0.4, -0.2) is 152 Å². The molecule has 9 amide bonds. The second-order valence-electron chi connectivity index (χ2n) is 39.2. The Bertz CT molecular complexity index is 3820. The first kappa shape index (κ1) is 120. The van der Waals surface area contributed by atoms with Crippen molar-refractivity contribution in [2.45, 2.75) is 368 Å². The number of primary amides is 2. The topological polar surface area (TPSA) is 405 Å². The minimum atomic E-state index is -1.77. The number of benzene rings is 5. The van der Waals surface area contributed by atoms with E-state index in [4.69, 9.17) is 47.0 Å². The van der Waals surface area contributed by atoms with E-state index in [9.17, 15) is 43.2 Å². The number of unbranched alkanes of at least 4 members (excludes halogenated alkanes) is 16. The van der Waals surface area contributed by atoms with Crippen LogP contribution in [0.1, 0.15) is 302 Å². The number of carbonyl (C=O) groups excluding carboxylic acids is 9. The highest BCUT2D eigenvalue weighted by molar-refractivity contribution is 6.78. The molecule has 0 fully saturated rings. The average Bonchev–Trinajstić information content (AvgIpc) is 0.778. The smallest absolute Gasteiger partial charge is 0.243 e. The molecule has 0 saturated heterocycles. The van der Waals surface area contributed by atoms with Gasteiger partial charge in [0.25, 0.3) is 0 Å². The second kappa shape index (κ2) is 65.8. The number of carbonyl (C=O) groups is 9. The van der Waals surface area contributed by atoms with E-state index in [0.29, 0.717) is 85.0 Å². The van der Waals surface area contributed by atoms with Gasteiger partial charge < -0.3 is 84.2 Å². The molecule has 17 N–H and O–H groups in total. The summed E-state index contributed by atoms with van der Waals surface area (Å²) in [5, 5.41) is 19.1. The Morgan fingerprint density at radius 1 is 0.316 bits per heavy atom. The van der Waals surface area contributed by atoms with Gasteiger partial charge in [-0.05, 0) is 174 Å². The third-order valence-electron chi connectivity index (χ3n) is 24.7. The number of amides is 9. The molecule has 5 rings (SSSR count). The first-order valence-corrected chi connectivity index (χ1v) is 53.6. The molecule has 0 radical (unpaired) electrons. The van der Waals surface area contributed by atoms with E-state index >= 15 is 0 Å². The van der Waals surface area contributed by atoms with Crippen LogP contribution in [0.15, 0.2) is 140 Å². The van der Waals surface area contributed by atoms with Crippen LogP contribution in [0.5, 0.6) is 11.5 Å². The summed E-state index contributed by atoms with van der Waals surface area (Å²) in [7, 11) is -3.54. The van der Waals surface area contributed by atoms with Crippen molar-refractivity contribution in [2.75, 3.05) is 46.1 Å². The zero-order valence-electron chi connectivity index (χ0n) is 84.1. The van der Waals surface area contributed by atoms with Gasteiger partial charge in [0.1, 0.15) is 29.6 Å². The van der Waals surface area contributed by atoms with Crippen LogP contribution in [-0.2, 0) is 76.8 Å². The van der Waals surface area contributed by atoms with E-state index in [2.05, 4.69) is 120 Å². The fourth-order valence-corrected chi connectivity index (χ4v) is 28.9. The van der Waals surface area contributed by atoms with Crippen LogP contribution in [0.2, 0.25) is 33.2 Å². The van der Waals surface area contributed by atoms with Gasteiger partial charge in [0, 0.05) is 13.2 Å². The van der Waals surface area contributed by atoms with E-state index in [1.54, 1.807) is 0 Å². The van der Waals surface area contributed by atoms with Crippen LogP contribution in [0.3, 0.4) is 0 Å².